The van der Waals surface area contributed by atoms with Crippen molar-refractivity contribution in [3.63, 3.8) is 0 Å². The molecule has 0 radical (unpaired) electrons. The van der Waals surface area contributed by atoms with Gasteiger partial charge in [0.05, 0.1) is 0 Å². The van der Waals surface area contributed by atoms with Crippen LogP contribution in [0.15, 0.2) is 30.3 Å². The van der Waals surface area contributed by atoms with E-state index in [2.05, 4.69) is 5.32 Å². The average Bonchev–Trinajstić information content (AvgIpc) is 2.90. The molecule has 0 bridgehead atoms. The Morgan fingerprint density at radius 1 is 1.31 bits per heavy atom. The van der Waals surface area contributed by atoms with Crippen LogP contribution in [0.5, 0.6) is 0 Å². The van der Waals surface area contributed by atoms with Gasteiger partial charge >= 0.3 is 6.03 Å². The number of primary amides is 1. The number of nitrogens with two attached hydrogens (primary N) is 1. The van der Waals surface area contributed by atoms with E-state index < -0.39 is 6.03 Å². The number of benzene rings is 1. The van der Waals surface area contributed by atoms with Crippen LogP contribution < -0.4 is 11.1 Å². The Kier molecular flexibility index (Phi) is 4.18. The fourth-order valence-electron chi connectivity index (χ4n) is 0.664. The van der Waals surface area contributed by atoms with Crippen LogP contribution in [0.2, 0.25) is 0 Å². The molecule has 2 rings (SSSR count). The second-order valence-electron chi connectivity index (χ2n) is 2.47. The summed E-state index contributed by atoms with van der Waals surface area (Å²) < 4.78 is 0. The van der Waals surface area contributed by atoms with Crippen molar-refractivity contribution in [3.8, 4) is 0 Å². The van der Waals surface area contributed by atoms with Gasteiger partial charge in [-0.25, -0.2) is 4.79 Å². The van der Waals surface area contributed by atoms with Crippen molar-refractivity contribution in [3.05, 3.63) is 30.3 Å². The zero-order valence-electron chi connectivity index (χ0n) is 7.19. The molecule has 1 aromatic carbocycles. The van der Waals surface area contributed by atoms with Gasteiger partial charge < -0.3 is 11.1 Å². The Hall–Kier alpha value is -1.16. The third-order valence-electron chi connectivity index (χ3n) is 1.25. The molecule has 4 heteroatoms. The zero-order valence-corrected chi connectivity index (χ0v) is 8.01. The number of anilines is 1. The van der Waals surface area contributed by atoms with E-state index in [-0.39, 0.29) is 0 Å². The molecule has 2 amide bonds. The minimum Gasteiger partial charge on any atom is -0.351 e. The SMILES string of the molecule is C1CS1.NC(=O)Nc1ccccc1. The van der Waals surface area contributed by atoms with Gasteiger partial charge in [0.15, 0.2) is 0 Å². The zero-order chi connectivity index (χ0) is 9.52. The molecule has 1 heterocycles. The third-order valence-corrected chi connectivity index (χ3v) is 1.65. The number of rotatable bonds is 1. The van der Waals surface area contributed by atoms with Crippen molar-refractivity contribution in [1.82, 2.24) is 0 Å². The number of para-hydroxylation sites is 1. The number of urea groups is 1. The Morgan fingerprint density at radius 2 is 1.85 bits per heavy atom. The molecular formula is C9H12N2OS. The lowest BCUT2D eigenvalue weighted by Gasteiger charge is -1.97. The van der Waals surface area contributed by atoms with Crippen LogP contribution in [-0.2, 0) is 0 Å². The first-order valence-electron chi connectivity index (χ1n) is 3.98. The van der Waals surface area contributed by atoms with Crippen molar-refractivity contribution >= 4 is 23.5 Å². The number of amides is 2. The van der Waals surface area contributed by atoms with E-state index in [1.807, 2.05) is 30.0 Å². The van der Waals surface area contributed by atoms with Crippen LogP contribution in [0.1, 0.15) is 0 Å². The van der Waals surface area contributed by atoms with Gasteiger partial charge in [0.2, 0.25) is 0 Å². The summed E-state index contributed by atoms with van der Waals surface area (Å²) in [5, 5.41) is 2.44. The molecule has 0 saturated carbocycles. The molecule has 1 aliphatic rings. The van der Waals surface area contributed by atoms with Crippen LogP contribution in [0.4, 0.5) is 10.5 Å². The Labute approximate surface area is 81.7 Å². The van der Waals surface area contributed by atoms with E-state index in [1.165, 1.54) is 11.5 Å². The number of nitrogens with one attached hydrogen (secondary N) is 1. The van der Waals surface area contributed by atoms with E-state index in [0.717, 1.165) is 5.69 Å². The molecule has 1 fully saturated rings. The molecule has 13 heavy (non-hydrogen) atoms. The molecule has 3 N–H and O–H groups in total. The summed E-state index contributed by atoms with van der Waals surface area (Å²) in [7, 11) is 0. The Balaban J connectivity index is 0.000000236. The second-order valence-corrected chi connectivity index (χ2v) is 3.69. The first-order valence-corrected chi connectivity index (χ1v) is 5.14. The molecule has 0 aliphatic carbocycles. The molecule has 1 aromatic rings. The quantitative estimate of drug-likeness (QED) is 0.674. The highest BCUT2D eigenvalue weighted by Crippen LogP contribution is 2.14. The average molecular weight is 196 g/mol. The molecule has 1 aliphatic heterocycles. The van der Waals surface area contributed by atoms with Gasteiger partial charge in [-0.2, -0.15) is 11.8 Å². The van der Waals surface area contributed by atoms with Gasteiger partial charge in [-0.1, -0.05) is 18.2 Å². The maximum absolute atomic E-state index is 10.3. The van der Waals surface area contributed by atoms with Crippen molar-refractivity contribution in [2.75, 3.05) is 16.8 Å². The summed E-state index contributed by atoms with van der Waals surface area (Å²) in [6.45, 7) is 0. The maximum Gasteiger partial charge on any atom is 0.316 e. The normalized spacial score (nSPS) is 12.3. The van der Waals surface area contributed by atoms with Crippen molar-refractivity contribution in [2.24, 2.45) is 5.73 Å². The molecule has 1 saturated heterocycles. The highest BCUT2D eigenvalue weighted by molar-refractivity contribution is 8.06. The van der Waals surface area contributed by atoms with Crippen molar-refractivity contribution in [1.29, 1.82) is 0 Å². The molecule has 3 nitrogen and oxygen atoms in total. The minimum atomic E-state index is -0.536. The van der Waals surface area contributed by atoms with E-state index in [4.69, 9.17) is 5.73 Å². The smallest absolute Gasteiger partial charge is 0.316 e. The number of hydrogen-bond donors (Lipinski definition) is 2. The van der Waals surface area contributed by atoms with E-state index in [9.17, 15) is 4.79 Å². The molecule has 0 unspecified atom stereocenters. The summed E-state index contributed by atoms with van der Waals surface area (Å²) in [5.41, 5.74) is 5.59. The summed E-state index contributed by atoms with van der Waals surface area (Å²) in [6.07, 6.45) is 0. The van der Waals surface area contributed by atoms with Crippen LogP contribution in [0.25, 0.3) is 0 Å². The van der Waals surface area contributed by atoms with Crippen LogP contribution >= 0.6 is 11.8 Å². The van der Waals surface area contributed by atoms with E-state index >= 15 is 0 Å². The monoisotopic (exact) mass is 196 g/mol. The molecule has 70 valence electrons. The fourth-order valence-corrected chi connectivity index (χ4v) is 0.664. The predicted molar refractivity (Wildman–Crippen MR) is 57.0 cm³/mol. The number of hydrogen-bond acceptors (Lipinski definition) is 2. The standard InChI is InChI=1S/C7H8N2O.C2H4S/c8-7(10)9-6-4-2-1-3-5-6;1-2-3-1/h1-5H,(H3,8,9,10);1-2H2. The van der Waals surface area contributed by atoms with Crippen LogP contribution in [-0.4, -0.2) is 17.5 Å². The third kappa shape index (κ3) is 6.04. The topological polar surface area (TPSA) is 55.1 Å². The van der Waals surface area contributed by atoms with Gasteiger partial charge in [-0.3, -0.25) is 0 Å². The van der Waals surface area contributed by atoms with Gasteiger partial charge in [-0.05, 0) is 12.1 Å². The van der Waals surface area contributed by atoms with Crippen LogP contribution in [0, 0.1) is 0 Å². The highest BCUT2D eigenvalue weighted by atomic mass is 32.2. The number of thioether (sulfide) groups is 1. The summed E-state index contributed by atoms with van der Waals surface area (Å²) >= 11 is 2.00. The largest absolute Gasteiger partial charge is 0.351 e. The number of carbonyl (C=O) groups is 1. The van der Waals surface area contributed by atoms with E-state index in [1.54, 1.807) is 12.1 Å². The van der Waals surface area contributed by atoms with Gasteiger partial charge in [-0.15, -0.1) is 0 Å². The molecular weight excluding hydrogens is 184 g/mol. The molecule has 0 aromatic heterocycles. The van der Waals surface area contributed by atoms with Crippen molar-refractivity contribution in [2.45, 2.75) is 0 Å². The lowest BCUT2D eigenvalue weighted by atomic mass is 10.3. The fraction of sp³-hybridized carbons (Fsp3) is 0.222. The van der Waals surface area contributed by atoms with Crippen LogP contribution in [0.3, 0.4) is 0 Å². The summed E-state index contributed by atoms with van der Waals surface area (Å²) in [4.78, 5) is 10.3. The first-order chi connectivity index (χ1) is 6.29. The molecule has 0 spiro atoms. The number of carbonyl (C=O) groups excluding carboxylic acids is 1. The van der Waals surface area contributed by atoms with Gasteiger partial charge in [0.25, 0.3) is 0 Å². The Morgan fingerprint density at radius 3 is 2.23 bits per heavy atom. The first kappa shape index (κ1) is 9.92. The highest BCUT2D eigenvalue weighted by Gasteiger charge is 1.95. The van der Waals surface area contributed by atoms with Crippen molar-refractivity contribution < 1.29 is 4.79 Å². The summed E-state index contributed by atoms with van der Waals surface area (Å²) in [6, 6.07) is 8.52. The van der Waals surface area contributed by atoms with E-state index in [0.29, 0.717) is 0 Å². The minimum absolute atomic E-state index is 0.536. The lowest BCUT2D eigenvalue weighted by molar-refractivity contribution is 0.259. The van der Waals surface area contributed by atoms with Gasteiger partial charge in [0.1, 0.15) is 0 Å². The summed E-state index contributed by atoms with van der Waals surface area (Å²) in [5.74, 6) is 2.83. The Bertz CT molecular complexity index is 259. The lowest BCUT2D eigenvalue weighted by Crippen LogP contribution is -2.18. The maximum atomic E-state index is 10.3. The van der Waals surface area contributed by atoms with Gasteiger partial charge in [0, 0.05) is 17.2 Å². The molecule has 0 atom stereocenters. The predicted octanol–water partition coefficient (Wildman–Crippen LogP) is 1.91. The second kappa shape index (κ2) is 5.48.